The average molecular weight is 195 g/mol. The van der Waals surface area contributed by atoms with Crippen molar-refractivity contribution in [3.05, 3.63) is 34.9 Å². The number of carbonyl (C=O) groups is 1. The van der Waals surface area contributed by atoms with Crippen molar-refractivity contribution in [2.45, 2.75) is 25.2 Å². The van der Waals surface area contributed by atoms with E-state index in [2.05, 4.69) is 6.92 Å². The van der Waals surface area contributed by atoms with Crippen LogP contribution in [0.5, 0.6) is 0 Å². The smallest absolute Gasteiger partial charge is 0.134 e. The van der Waals surface area contributed by atoms with Gasteiger partial charge in [-0.1, -0.05) is 30.7 Å². The third kappa shape index (κ3) is 1.49. The Balaban J connectivity index is 2.26. The second-order valence-corrected chi connectivity index (χ2v) is 4.40. The lowest BCUT2D eigenvalue weighted by atomic mass is 9.65. The maximum Gasteiger partial charge on any atom is 0.134 e. The van der Waals surface area contributed by atoms with E-state index in [0.29, 0.717) is 18.6 Å². The SMILES string of the molecule is CC1(c2ccc(Cl)cc2)CC(=O)C1. The summed E-state index contributed by atoms with van der Waals surface area (Å²) in [6.07, 6.45) is 1.35. The molecule has 2 heteroatoms. The van der Waals surface area contributed by atoms with Gasteiger partial charge in [0.2, 0.25) is 0 Å². The molecule has 0 N–H and O–H groups in total. The molecule has 1 aromatic rings. The first kappa shape index (κ1) is 8.76. The molecule has 1 saturated carbocycles. The fraction of sp³-hybridized carbons (Fsp3) is 0.364. The molecule has 0 bridgehead atoms. The van der Waals surface area contributed by atoms with Crippen LogP contribution >= 0.6 is 11.6 Å². The summed E-state index contributed by atoms with van der Waals surface area (Å²) < 4.78 is 0. The highest BCUT2D eigenvalue weighted by Gasteiger charge is 2.40. The molecule has 0 amide bonds. The molecular weight excluding hydrogens is 184 g/mol. The predicted octanol–water partition coefficient (Wildman–Crippen LogP) is 2.96. The zero-order chi connectivity index (χ0) is 9.47. The summed E-state index contributed by atoms with van der Waals surface area (Å²) in [5, 5.41) is 0.748. The van der Waals surface area contributed by atoms with Crippen molar-refractivity contribution in [3.63, 3.8) is 0 Å². The average Bonchev–Trinajstić information content (AvgIpc) is 2.03. The summed E-state index contributed by atoms with van der Waals surface area (Å²) in [5.41, 5.74) is 1.29. The molecule has 1 aliphatic carbocycles. The minimum Gasteiger partial charge on any atom is -0.300 e. The van der Waals surface area contributed by atoms with E-state index in [1.54, 1.807) is 0 Å². The van der Waals surface area contributed by atoms with Gasteiger partial charge in [0.05, 0.1) is 0 Å². The van der Waals surface area contributed by atoms with Gasteiger partial charge in [0.25, 0.3) is 0 Å². The number of ketones is 1. The number of hydrogen-bond acceptors (Lipinski definition) is 1. The van der Waals surface area contributed by atoms with Crippen molar-refractivity contribution >= 4 is 17.4 Å². The van der Waals surface area contributed by atoms with Gasteiger partial charge in [-0.3, -0.25) is 4.79 Å². The van der Waals surface area contributed by atoms with Crippen molar-refractivity contribution in [2.24, 2.45) is 0 Å². The van der Waals surface area contributed by atoms with Gasteiger partial charge >= 0.3 is 0 Å². The number of benzene rings is 1. The van der Waals surface area contributed by atoms with E-state index < -0.39 is 0 Å². The summed E-state index contributed by atoms with van der Waals surface area (Å²) >= 11 is 5.78. The first-order valence-electron chi connectivity index (χ1n) is 4.38. The third-order valence-corrected chi connectivity index (χ3v) is 2.97. The molecule has 0 aliphatic heterocycles. The van der Waals surface area contributed by atoms with Crippen LogP contribution in [0.2, 0.25) is 5.02 Å². The first-order chi connectivity index (χ1) is 6.10. The second kappa shape index (κ2) is 2.85. The Morgan fingerprint density at radius 2 is 1.77 bits per heavy atom. The molecule has 1 nitrogen and oxygen atoms in total. The minimum absolute atomic E-state index is 0.0711. The molecule has 1 aromatic carbocycles. The molecule has 13 heavy (non-hydrogen) atoms. The molecule has 1 aliphatic rings. The Labute approximate surface area is 82.7 Å². The molecule has 2 rings (SSSR count). The molecule has 0 unspecified atom stereocenters. The van der Waals surface area contributed by atoms with Crippen molar-refractivity contribution in [2.75, 3.05) is 0 Å². The summed E-state index contributed by atoms with van der Waals surface area (Å²) in [7, 11) is 0. The molecule has 1 fully saturated rings. The van der Waals surface area contributed by atoms with Crippen LogP contribution in [0.1, 0.15) is 25.3 Å². The maximum atomic E-state index is 10.9. The zero-order valence-corrected chi connectivity index (χ0v) is 8.27. The molecule has 0 aromatic heterocycles. The van der Waals surface area contributed by atoms with E-state index in [-0.39, 0.29) is 5.41 Å². The van der Waals surface area contributed by atoms with Crippen LogP contribution in [0.15, 0.2) is 24.3 Å². The largest absolute Gasteiger partial charge is 0.300 e. The predicted molar refractivity (Wildman–Crippen MR) is 53.0 cm³/mol. The Kier molecular flexibility index (Phi) is 1.92. The van der Waals surface area contributed by atoms with Crippen molar-refractivity contribution < 1.29 is 4.79 Å². The lowest BCUT2D eigenvalue weighted by Crippen LogP contribution is -2.38. The summed E-state index contributed by atoms with van der Waals surface area (Å²) in [4.78, 5) is 10.9. The normalized spacial score (nSPS) is 19.7. The van der Waals surface area contributed by atoms with E-state index in [4.69, 9.17) is 11.6 Å². The van der Waals surface area contributed by atoms with Gasteiger partial charge in [-0.25, -0.2) is 0 Å². The Morgan fingerprint density at radius 1 is 1.23 bits per heavy atom. The van der Waals surface area contributed by atoms with Gasteiger partial charge in [-0.05, 0) is 17.7 Å². The Bertz CT molecular complexity index is 332. The molecule has 0 spiro atoms. The number of carbonyl (C=O) groups excluding carboxylic acids is 1. The molecule has 0 radical (unpaired) electrons. The topological polar surface area (TPSA) is 17.1 Å². The van der Waals surface area contributed by atoms with E-state index in [9.17, 15) is 4.79 Å². The second-order valence-electron chi connectivity index (χ2n) is 3.96. The molecule has 0 atom stereocenters. The molecule has 0 saturated heterocycles. The number of Topliss-reactive ketones (excluding diaryl/α,β-unsaturated/α-hetero) is 1. The first-order valence-corrected chi connectivity index (χ1v) is 4.76. The van der Waals surface area contributed by atoms with Gasteiger partial charge in [-0.2, -0.15) is 0 Å². The monoisotopic (exact) mass is 194 g/mol. The highest BCUT2D eigenvalue weighted by molar-refractivity contribution is 6.30. The standard InChI is InChI=1S/C11H11ClO/c1-11(6-10(13)7-11)8-2-4-9(12)5-3-8/h2-5H,6-7H2,1H3. The lowest BCUT2D eigenvalue weighted by Gasteiger charge is -2.37. The van der Waals surface area contributed by atoms with Gasteiger partial charge in [0, 0.05) is 23.3 Å². The number of hydrogen-bond donors (Lipinski definition) is 0. The van der Waals surface area contributed by atoms with Crippen LogP contribution in [0, 0.1) is 0 Å². The van der Waals surface area contributed by atoms with Gasteiger partial charge < -0.3 is 0 Å². The number of rotatable bonds is 1. The van der Waals surface area contributed by atoms with Crippen LogP contribution in [-0.4, -0.2) is 5.78 Å². The van der Waals surface area contributed by atoms with Gasteiger partial charge in [0.1, 0.15) is 5.78 Å². The Morgan fingerprint density at radius 3 is 2.23 bits per heavy atom. The van der Waals surface area contributed by atoms with Crippen LogP contribution in [0.3, 0.4) is 0 Å². The fourth-order valence-corrected chi connectivity index (χ4v) is 2.00. The quantitative estimate of drug-likeness (QED) is 0.672. The molecule has 0 heterocycles. The van der Waals surface area contributed by atoms with Crippen molar-refractivity contribution in [1.82, 2.24) is 0 Å². The molecular formula is C11H11ClO. The van der Waals surface area contributed by atoms with E-state index >= 15 is 0 Å². The third-order valence-electron chi connectivity index (χ3n) is 2.72. The van der Waals surface area contributed by atoms with Crippen LogP contribution in [0.25, 0.3) is 0 Å². The molecule has 68 valence electrons. The summed E-state index contributed by atoms with van der Waals surface area (Å²) in [6, 6.07) is 7.78. The van der Waals surface area contributed by atoms with Crippen molar-refractivity contribution in [3.8, 4) is 0 Å². The number of halogens is 1. The van der Waals surface area contributed by atoms with Gasteiger partial charge in [0.15, 0.2) is 0 Å². The maximum absolute atomic E-state index is 10.9. The summed E-state index contributed by atoms with van der Waals surface area (Å²) in [6.45, 7) is 2.12. The van der Waals surface area contributed by atoms with E-state index in [1.165, 1.54) is 5.56 Å². The van der Waals surface area contributed by atoms with Crippen molar-refractivity contribution in [1.29, 1.82) is 0 Å². The van der Waals surface area contributed by atoms with E-state index in [0.717, 1.165) is 5.02 Å². The summed E-state index contributed by atoms with van der Waals surface area (Å²) in [5.74, 6) is 0.359. The van der Waals surface area contributed by atoms with Crippen LogP contribution in [-0.2, 0) is 10.2 Å². The highest BCUT2D eigenvalue weighted by atomic mass is 35.5. The Hall–Kier alpha value is -0.820. The van der Waals surface area contributed by atoms with E-state index in [1.807, 2.05) is 24.3 Å². The lowest BCUT2D eigenvalue weighted by molar-refractivity contribution is -0.127. The van der Waals surface area contributed by atoms with Gasteiger partial charge in [-0.15, -0.1) is 0 Å². The van der Waals surface area contributed by atoms with Crippen LogP contribution < -0.4 is 0 Å². The highest BCUT2D eigenvalue weighted by Crippen LogP contribution is 2.40. The van der Waals surface area contributed by atoms with Crippen LogP contribution in [0.4, 0.5) is 0 Å². The fourth-order valence-electron chi connectivity index (χ4n) is 1.87. The minimum atomic E-state index is 0.0711. The zero-order valence-electron chi connectivity index (χ0n) is 7.51.